The Morgan fingerprint density at radius 2 is 1.71 bits per heavy atom. The molecule has 21 heavy (non-hydrogen) atoms. The van der Waals surface area contributed by atoms with E-state index in [4.69, 9.17) is 10.5 Å². The lowest BCUT2D eigenvalue weighted by Gasteiger charge is -2.44. The van der Waals surface area contributed by atoms with Gasteiger partial charge in [0.2, 0.25) is 0 Å². The third-order valence-electron chi connectivity index (χ3n) is 5.73. The monoisotopic (exact) mass is 287 g/mol. The second-order valence-electron chi connectivity index (χ2n) is 6.98. The highest BCUT2D eigenvalue weighted by Gasteiger charge is 2.40. The van der Waals surface area contributed by atoms with Crippen molar-refractivity contribution in [2.45, 2.75) is 62.8 Å². The van der Waals surface area contributed by atoms with Crippen LogP contribution in [0.15, 0.2) is 30.3 Å². The summed E-state index contributed by atoms with van der Waals surface area (Å²) in [6.45, 7) is 1.85. The fourth-order valence-electron chi connectivity index (χ4n) is 4.39. The maximum absolute atomic E-state index is 6.81. The average molecular weight is 287 g/mol. The van der Waals surface area contributed by atoms with Crippen molar-refractivity contribution in [3.8, 4) is 0 Å². The molecule has 3 rings (SSSR count). The summed E-state index contributed by atoms with van der Waals surface area (Å²) in [5, 5.41) is 0. The molecule has 1 saturated heterocycles. The fraction of sp³-hybridized carbons (Fsp3) is 0.684. The first-order chi connectivity index (χ1) is 10.3. The van der Waals surface area contributed by atoms with E-state index in [0.29, 0.717) is 6.04 Å². The second-order valence-corrected chi connectivity index (χ2v) is 6.98. The minimum absolute atomic E-state index is 0.220. The highest BCUT2D eigenvalue weighted by molar-refractivity contribution is 5.28. The molecule has 1 aromatic rings. The Morgan fingerprint density at radius 1 is 1.05 bits per heavy atom. The minimum Gasteiger partial charge on any atom is -0.381 e. The summed E-state index contributed by atoms with van der Waals surface area (Å²) in [5.41, 5.74) is 8.50. The first kappa shape index (κ1) is 15.1. The molecule has 0 radical (unpaired) electrons. The molecule has 1 unspecified atom stereocenters. The van der Waals surface area contributed by atoms with Gasteiger partial charge in [-0.15, -0.1) is 0 Å². The lowest BCUT2D eigenvalue weighted by molar-refractivity contribution is 0.0567. The fourth-order valence-corrected chi connectivity index (χ4v) is 4.39. The van der Waals surface area contributed by atoms with Crippen molar-refractivity contribution in [3.05, 3.63) is 35.9 Å². The number of nitrogens with two attached hydrogens (primary N) is 1. The van der Waals surface area contributed by atoms with Gasteiger partial charge in [-0.3, -0.25) is 0 Å². The Morgan fingerprint density at radius 3 is 2.38 bits per heavy atom. The van der Waals surface area contributed by atoms with Gasteiger partial charge in [0.25, 0.3) is 0 Å². The maximum Gasteiger partial charge on any atom is 0.0468 e. The third-order valence-corrected chi connectivity index (χ3v) is 5.73. The predicted molar refractivity (Wildman–Crippen MR) is 87.3 cm³/mol. The molecule has 0 amide bonds. The van der Waals surface area contributed by atoms with Crippen LogP contribution in [-0.2, 0) is 10.2 Å². The Labute approximate surface area is 129 Å². The van der Waals surface area contributed by atoms with Gasteiger partial charge in [0.15, 0.2) is 0 Å². The van der Waals surface area contributed by atoms with Crippen LogP contribution in [0.1, 0.15) is 56.9 Å². The molecule has 1 saturated carbocycles. The van der Waals surface area contributed by atoms with E-state index >= 15 is 0 Å². The zero-order valence-corrected chi connectivity index (χ0v) is 13.1. The predicted octanol–water partition coefficient (Wildman–Crippen LogP) is 4.03. The van der Waals surface area contributed by atoms with Crippen LogP contribution < -0.4 is 5.73 Å². The van der Waals surface area contributed by atoms with Crippen molar-refractivity contribution in [2.24, 2.45) is 11.7 Å². The number of ether oxygens (including phenoxy) is 1. The van der Waals surface area contributed by atoms with E-state index in [2.05, 4.69) is 30.3 Å². The molecule has 0 bridgehead atoms. The molecule has 2 fully saturated rings. The van der Waals surface area contributed by atoms with Crippen molar-refractivity contribution in [2.75, 3.05) is 13.2 Å². The zero-order chi connectivity index (χ0) is 14.5. The van der Waals surface area contributed by atoms with Crippen molar-refractivity contribution in [1.29, 1.82) is 0 Å². The van der Waals surface area contributed by atoms with Crippen LogP contribution in [0.3, 0.4) is 0 Å². The number of hydrogen-bond acceptors (Lipinski definition) is 2. The molecule has 2 nitrogen and oxygen atoms in total. The summed E-state index contributed by atoms with van der Waals surface area (Å²) in [7, 11) is 0. The Hall–Kier alpha value is -0.860. The van der Waals surface area contributed by atoms with E-state index in [-0.39, 0.29) is 5.41 Å². The highest BCUT2D eigenvalue weighted by atomic mass is 16.5. The molecule has 1 aliphatic carbocycles. The second kappa shape index (κ2) is 6.93. The standard InChI is InChI=1S/C19H29NO/c20-18(15-16-9-13-21-14-10-16)19(11-5-2-6-12-19)17-7-3-1-4-8-17/h1,3-4,7-8,16,18H,2,5-6,9-15,20H2. The summed E-state index contributed by atoms with van der Waals surface area (Å²) in [4.78, 5) is 0. The van der Waals surface area contributed by atoms with Gasteiger partial charge >= 0.3 is 0 Å². The summed E-state index contributed by atoms with van der Waals surface area (Å²) >= 11 is 0. The van der Waals surface area contributed by atoms with Crippen molar-refractivity contribution < 1.29 is 4.74 Å². The van der Waals surface area contributed by atoms with E-state index in [1.807, 2.05) is 0 Å². The molecule has 0 spiro atoms. The van der Waals surface area contributed by atoms with Crippen LogP contribution in [0.2, 0.25) is 0 Å². The van der Waals surface area contributed by atoms with Gasteiger partial charge in [-0.05, 0) is 43.6 Å². The van der Waals surface area contributed by atoms with Crippen molar-refractivity contribution in [1.82, 2.24) is 0 Å². The summed E-state index contributed by atoms with van der Waals surface area (Å²) < 4.78 is 5.50. The first-order valence-electron chi connectivity index (χ1n) is 8.70. The van der Waals surface area contributed by atoms with E-state index in [1.54, 1.807) is 0 Å². The SMILES string of the molecule is NC(CC1CCOCC1)C1(c2ccccc2)CCCCC1. The molecular weight excluding hydrogens is 258 g/mol. The Bertz CT molecular complexity index is 418. The van der Waals surface area contributed by atoms with Crippen molar-refractivity contribution >= 4 is 0 Å². The van der Waals surface area contributed by atoms with E-state index in [9.17, 15) is 0 Å². The molecule has 116 valence electrons. The smallest absolute Gasteiger partial charge is 0.0468 e. The number of rotatable bonds is 4. The molecule has 1 atom stereocenters. The maximum atomic E-state index is 6.81. The number of hydrogen-bond donors (Lipinski definition) is 1. The zero-order valence-electron chi connectivity index (χ0n) is 13.1. The highest BCUT2D eigenvalue weighted by Crippen LogP contribution is 2.43. The van der Waals surface area contributed by atoms with Crippen LogP contribution in [0.5, 0.6) is 0 Å². The van der Waals surface area contributed by atoms with Crippen LogP contribution in [-0.4, -0.2) is 19.3 Å². The first-order valence-corrected chi connectivity index (χ1v) is 8.70. The van der Waals surface area contributed by atoms with Gasteiger partial charge in [-0.1, -0.05) is 49.6 Å². The van der Waals surface area contributed by atoms with Crippen LogP contribution >= 0.6 is 0 Å². The van der Waals surface area contributed by atoms with Gasteiger partial charge in [-0.2, -0.15) is 0 Å². The average Bonchev–Trinajstić information content (AvgIpc) is 2.57. The van der Waals surface area contributed by atoms with Crippen molar-refractivity contribution in [3.63, 3.8) is 0 Å². The van der Waals surface area contributed by atoms with E-state index in [1.165, 1.54) is 50.5 Å². The topological polar surface area (TPSA) is 35.2 Å². The molecule has 1 aromatic carbocycles. The molecular formula is C19H29NO. The molecule has 2 heteroatoms. The third kappa shape index (κ3) is 3.32. The van der Waals surface area contributed by atoms with Gasteiger partial charge in [-0.25, -0.2) is 0 Å². The summed E-state index contributed by atoms with van der Waals surface area (Å²) in [6.07, 6.45) is 10.1. The van der Waals surface area contributed by atoms with Gasteiger partial charge in [0.05, 0.1) is 0 Å². The normalized spacial score (nSPS) is 24.6. The molecule has 1 aliphatic heterocycles. The van der Waals surface area contributed by atoms with Crippen LogP contribution in [0.4, 0.5) is 0 Å². The quantitative estimate of drug-likeness (QED) is 0.907. The Balaban J connectivity index is 1.78. The largest absolute Gasteiger partial charge is 0.381 e. The lowest BCUT2D eigenvalue weighted by atomic mass is 9.63. The van der Waals surface area contributed by atoms with Crippen LogP contribution in [0, 0.1) is 5.92 Å². The van der Waals surface area contributed by atoms with E-state index in [0.717, 1.165) is 25.6 Å². The van der Waals surface area contributed by atoms with Gasteiger partial charge in [0.1, 0.15) is 0 Å². The van der Waals surface area contributed by atoms with Gasteiger partial charge < -0.3 is 10.5 Å². The molecule has 2 N–H and O–H groups in total. The Kier molecular flexibility index (Phi) is 4.97. The molecule has 2 aliphatic rings. The van der Waals surface area contributed by atoms with Gasteiger partial charge in [0, 0.05) is 24.7 Å². The molecule has 0 aromatic heterocycles. The summed E-state index contributed by atoms with van der Waals surface area (Å²) in [5.74, 6) is 0.760. The molecule has 1 heterocycles. The summed E-state index contributed by atoms with van der Waals surface area (Å²) in [6, 6.07) is 11.4. The van der Waals surface area contributed by atoms with E-state index < -0.39 is 0 Å². The lowest BCUT2D eigenvalue weighted by Crippen LogP contribution is -2.48. The minimum atomic E-state index is 0.220. The van der Waals surface area contributed by atoms with Crippen LogP contribution in [0.25, 0.3) is 0 Å². The number of benzene rings is 1.